The zero-order chi connectivity index (χ0) is 18.9. The number of fused-ring (bicyclic) bond motifs is 1. The molecule has 0 amide bonds. The number of hydrogen-bond acceptors (Lipinski definition) is 6. The Morgan fingerprint density at radius 1 is 1.11 bits per heavy atom. The molecule has 4 rings (SSSR count). The average Bonchev–Trinajstić information content (AvgIpc) is 3.31. The Labute approximate surface area is 158 Å². The summed E-state index contributed by atoms with van der Waals surface area (Å²) < 4.78 is 29.2. The molecule has 0 radical (unpaired) electrons. The van der Waals surface area contributed by atoms with Crippen molar-refractivity contribution in [1.82, 2.24) is 24.5 Å². The topological polar surface area (TPSA) is 92.5 Å². The quantitative estimate of drug-likeness (QED) is 0.691. The van der Waals surface area contributed by atoms with Crippen LogP contribution in [-0.4, -0.2) is 47.9 Å². The molecule has 9 heteroatoms. The summed E-state index contributed by atoms with van der Waals surface area (Å²) in [6.45, 7) is 4.11. The van der Waals surface area contributed by atoms with Crippen molar-refractivity contribution in [2.75, 3.05) is 24.5 Å². The molecule has 142 valence electrons. The van der Waals surface area contributed by atoms with Crippen LogP contribution in [0.2, 0.25) is 0 Å². The van der Waals surface area contributed by atoms with Crippen LogP contribution in [0.4, 0.5) is 5.82 Å². The highest BCUT2D eigenvalue weighted by molar-refractivity contribution is 7.89. The smallest absolute Gasteiger partial charge is 0.240 e. The normalized spacial score (nSPS) is 14.9. The third-order valence-corrected chi connectivity index (χ3v) is 6.14. The molecule has 2 aromatic heterocycles. The highest BCUT2D eigenvalue weighted by atomic mass is 32.2. The summed E-state index contributed by atoms with van der Waals surface area (Å²) in [6.07, 6.45) is 2.76. The minimum atomic E-state index is -3.55. The molecule has 1 aliphatic heterocycles. The van der Waals surface area contributed by atoms with Gasteiger partial charge in [-0.05, 0) is 49.6 Å². The van der Waals surface area contributed by atoms with Crippen LogP contribution in [0.1, 0.15) is 24.2 Å². The van der Waals surface area contributed by atoms with Crippen LogP contribution in [-0.2, 0) is 16.4 Å². The second-order valence-electron chi connectivity index (χ2n) is 6.74. The summed E-state index contributed by atoms with van der Waals surface area (Å²) in [5.74, 6) is 1.54. The highest BCUT2D eigenvalue weighted by Gasteiger charge is 2.17. The number of aromatic nitrogens is 4. The standard InChI is InChI=1S/C18H22N6O2S/c1-14-5-4-6-15(13-14)27(25,26)19-10-9-17-21-20-16-7-8-18(22-24(16)17)23-11-2-3-12-23/h4-8,13,19H,2-3,9-12H2,1H3. The zero-order valence-electron chi connectivity index (χ0n) is 15.2. The van der Waals surface area contributed by atoms with Crippen LogP contribution in [0.25, 0.3) is 5.65 Å². The first kappa shape index (κ1) is 17.9. The molecule has 0 bridgehead atoms. The van der Waals surface area contributed by atoms with Crippen molar-refractivity contribution in [3.63, 3.8) is 0 Å². The zero-order valence-corrected chi connectivity index (χ0v) is 16.0. The van der Waals surface area contributed by atoms with Gasteiger partial charge >= 0.3 is 0 Å². The Morgan fingerprint density at radius 3 is 2.70 bits per heavy atom. The molecular formula is C18H22N6O2S. The predicted molar refractivity (Wildman–Crippen MR) is 102 cm³/mol. The minimum Gasteiger partial charge on any atom is -0.355 e. The molecule has 3 heterocycles. The van der Waals surface area contributed by atoms with Gasteiger partial charge in [0.1, 0.15) is 5.82 Å². The molecule has 27 heavy (non-hydrogen) atoms. The van der Waals surface area contributed by atoms with Crippen LogP contribution in [0.3, 0.4) is 0 Å². The van der Waals surface area contributed by atoms with E-state index in [9.17, 15) is 8.42 Å². The predicted octanol–water partition coefficient (Wildman–Crippen LogP) is 1.55. The summed E-state index contributed by atoms with van der Waals surface area (Å²) in [5, 5.41) is 12.9. The third-order valence-electron chi connectivity index (χ3n) is 4.68. The molecule has 0 saturated carbocycles. The van der Waals surface area contributed by atoms with Crippen molar-refractivity contribution in [2.24, 2.45) is 0 Å². The van der Waals surface area contributed by atoms with E-state index < -0.39 is 10.0 Å². The molecule has 0 aliphatic carbocycles. The lowest BCUT2D eigenvalue weighted by Gasteiger charge is -2.15. The number of aryl methyl sites for hydroxylation is 1. The Kier molecular flexibility index (Phi) is 4.79. The van der Waals surface area contributed by atoms with Crippen LogP contribution in [0.15, 0.2) is 41.3 Å². The Hall–Kier alpha value is -2.52. The van der Waals surface area contributed by atoms with Gasteiger partial charge in [-0.25, -0.2) is 13.1 Å². The minimum absolute atomic E-state index is 0.229. The molecule has 1 fully saturated rings. The fourth-order valence-corrected chi connectivity index (χ4v) is 4.39. The molecule has 0 unspecified atom stereocenters. The first-order valence-corrected chi connectivity index (χ1v) is 10.5. The number of rotatable bonds is 6. The van der Waals surface area contributed by atoms with Gasteiger partial charge in [0.2, 0.25) is 10.0 Å². The van der Waals surface area contributed by atoms with Gasteiger partial charge in [-0.3, -0.25) is 0 Å². The van der Waals surface area contributed by atoms with Gasteiger partial charge in [0.05, 0.1) is 4.90 Å². The van der Waals surface area contributed by atoms with E-state index in [4.69, 9.17) is 0 Å². The van der Waals surface area contributed by atoms with E-state index in [1.807, 2.05) is 25.1 Å². The first-order chi connectivity index (χ1) is 13.0. The summed E-state index contributed by atoms with van der Waals surface area (Å²) >= 11 is 0. The highest BCUT2D eigenvalue weighted by Crippen LogP contribution is 2.18. The van der Waals surface area contributed by atoms with E-state index in [-0.39, 0.29) is 11.4 Å². The van der Waals surface area contributed by atoms with E-state index >= 15 is 0 Å². The van der Waals surface area contributed by atoms with Crippen LogP contribution in [0.5, 0.6) is 0 Å². The molecule has 1 N–H and O–H groups in total. The maximum Gasteiger partial charge on any atom is 0.240 e. The number of hydrogen-bond donors (Lipinski definition) is 1. The fraction of sp³-hybridized carbons (Fsp3) is 0.389. The van der Waals surface area contributed by atoms with Crippen LogP contribution >= 0.6 is 0 Å². The second kappa shape index (κ2) is 7.24. The Morgan fingerprint density at radius 2 is 1.93 bits per heavy atom. The molecule has 0 spiro atoms. The monoisotopic (exact) mass is 386 g/mol. The number of nitrogens with one attached hydrogen (secondary N) is 1. The van der Waals surface area contributed by atoms with Crippen molar-refractivity contribution in [3.8, 4) is 0 Å². The molecule has 1 aromatic carbocycles. The van der Waals surface area contributed by atoms with Crippen molar-refractivity contribution < 1.29 is 8.42 Å². The van der Waals surface area contributed by atoms with Gasteiger partial charge in [-0.1, -0.05) is 12.1 Å². The molecule has 1 saturated heterocycles. The van der Waals surface area contributed by atoms with Gasteiger partial charge in [0.25, 0.3) is 0 Å². The lowest BCUT2D eigenvalue weighted by atomic mass is 10.2. The van der Waals surface area contributed by atoms with E-state index in [1.165, 1.54) is 12.8 Å². The van der Waals surface area contributed by atoms with Crippen LogP contribution in [0, 0.1) is 6.92 Å². The first-order valence-electron chi connectivity index (χ1n) is 9.05. The molecule has 3 aromatic rings. The summed E-state index contributed by atoms with van der Waals surface area (Å²) in [5.41, 5.74) is 1.56. The van der Waals surface area contributed by atoms with E-state index in [0.29, 0.717) is 17.9 Å². The van der Waals surface area contributed by atoms with Gasteiger partial charge in [0, 0.05) is 26.1 Å². The van der Waals surface area contributed by atoms with E-state index in [1.54, 1.807) is 22.7 Å². The largest absolute Gasteiger partial charge is 0.355 e. The maximum atomic E-state index is 12.4. The maximum absolute atomic E-state index is 12.4. The number of anilines is 1. The summed E-state index contributed by atoms with van der Waals surface area (Å²) in [7, 11) is -3.55. The molecule has 8 nitrogen and oxygen atoms in total. The van der Waals surface area contributed by atoms with Gasteiger partial charge in [-0.2, -0.15) is 4.52 Å². The SMILES string of the molecule is Cc1cccc(S(=O)(=O)NCCc2nnc3ccc(N4CCCC4)nn23)c1. The molecular weight excluding hydrogens is 364 g/mol. The Bertz CT molecular complexity index is 1060. The lowest BCUT2D eigenvalue weighted by molar-refractivity contribution is 0.580. The van der Waals surface area contributed by atoms with Crippen molar-refractivity contribution >= 4 is 21.5 Å². The number of sulfonamides is 1. The van der Waals surface area contributed by atoms with Crippen molar-refractivity contribution in [2.45, 2.75) is 31.1 Å². The number of nitrogens with zero attached hydrogens (tertiary/aromatic N) is 5. The lowest BCUT2D eigenvalue weighted by Crippen LogP contribution is -2.26. The third kappa shape index (κ3) is 3.79. The van der Waals surface area contributed by atoms with Gasteiger partial charge in [0.15, 0.2) is 11.5 Å². The summed E-state index contributed by atoms with van der Waals surface area (Å²) in [4.78, 5) is 2.51. The molecule has 0 atom stereocenters. The summed E-state index contributed by atoms with van der Waals surface area (Å²) in [6, 6.07) is 10.7. The fourth-order valence-electron chi connectivity index (χ4n) is 3.26. The van der Waals surface area contributed by atoms with Gasteiger partial charge < -0.3 is 4.90 Å². The van der Waals surface area contributed by atoms with Crippen LogP contribution < -0.4 is 9.62 Å². The second-order valence-corrected chi connectivity index (χ2v) is 8.50. The van der Waals surface area contributed by atoms with E-state index in [2.05, 4.69) is 24.9 Å². The van der Waals surface area contributed by atoms with Crippen molar-refractivity contribution in [3.05, 3.63) is 47.8 Å². The van der Waals surface area contributed by atoms with E-state index in [0.717, 1.165) is 24.5 Å². The average molecular weight is 386 g/mol. The number of benzene rings is 1. The molecule has 1 aliphatic rings. The Balaban J connectivity index is 1.48. The van der Waals surface area contributed by atoms with Crippen molar-refractivity contribution in [1.29, 1.82) is 0 Å². The van der Waals surface area contributed by atoms with Gasteiger partial charge in [-0.15, -0.1) is 15.3 Å².